The van der Waals surface area contributed by atoms with Crippen LogP contribution in [0.15, 0.2) is 89.3 Å². The molecular formula is C26H20N2O3. The lowest BCUT2D eigenvalue weighted by molar-refractivity contribution is -0.118. The summed E-state index contributed by atoms with van der Waals surface area (Å²) in [6.45, 7) is 1.86. The molecule has 31 heavy (non-hydrogen) atoms. The van der Waals surface area contributed by atoms with Crippen molar-refractivity contribution in [2.45, 2.75) is 6.92 Å². The second-order valence-electron chi connectivity index (χ2n) is 7.36. The number of carbonyl (C=O) groups is 1. The largest absolute Gasteiger partial charge is 0.484 e. The number of ether oxygens (including phenoxy) is 1. The number of anilines is 1. The van der Waals surface area contributed by atoms with Crippen molar-refractivity contribution in [1.82, 2.24) is 4.98 Å². The number of carbonyl (C=O) groups excluding carboxylic acids is 1. The van der Waals surface area contributed by atoms with Crippen LogP contribution in [0.3, 0.4) is 0 Å². The molecule has 0 saturated heterocycles. The molecule has 5 aromatic rings. The van der Waals surface area contributed by atoms with E-state index in [1.807, 2.05) is 91.9 Å². The van der Waals surface area contributed by atoms with Crippen molar-refractivity contribution in [3.8, 4) is 17.2 Å². The van der Waals surface area contributed by atoms with Crippen molar-refractivity contribution in [3.05, 3.63) is 90.5 Å². The zero-order chi connectivity index (χ0) is 21.2. The molecule has 1 heterocycles. The Morgan fingerprint density at radius 3 is 2.61 bits per heavy atom. The van der Waals surface area contributed by atoms with Gasteiger partial charge in [0.1, 0.15) is 11.3 Å². The fraction of sp³-hybridized carbons (Fsp3) is 0.0769. The Hall–Kier alpha value is -4.12. The molecular weight excluding hydrogens is 388 g/mol. The van der Waals surface area contributed by atoms with E-state index in [0.717, 1.165) is 33.0 Å². The van der Waals surface area contributed by atoms with E-state index in [1.54, 1.807) is 0 Å². The molecule has 0 fully saturated rings. The van der Waals surface area contributed by atoms with Gasteiger partial charge in [-0.2, -0.15) is 0 Å². The minimum absolute atomic E-state index is 0.0785. The average Bonchev–Trinajstić information content (AvgIpc) is 3.23. The first-order chi connectivity index (χ1) is 15.2. The van der Waals surface area contributed by atoms with Crippen LogP contribution in [0.4, 0.5) is 5.69 Å². The molecule has 0 aliphatic heterocycles. The van der Waals surface area contributed by atoms with Gasteiger partial charge in [0, 0.05) is 11.3 Å². The predicted octanol–water partition coefficient (Wildman–Crippen LogP) is 5.97. The third-order valence-corrected chi connectivity index (χ3v) is 5.14. The first kappa shape index (κ1) is 18.9. The number of para-hydroxylation sites is 2. The number of rotatable bonds is 5. The first-order valence-electron chi connectivity index (χ1n) is 10.0. The van der Waals surface area contributed by atoms with Crippen molar-refractivity contribution in [2.75, 3.05) is 11.9 Å². The van der Waals surface area contributed by atoms with E-state index in [9.17, 15) is 4.79 Å². The lowest BCUT2D eigenvalue weighted by atomic mass is 10.1. The minimum Gasteiger partial charge on any atom is -0.484 e. The van der Waals surface area contributed by atoms with Crippen LogP contribution >= 0.6 is 0 Å². The number of hydrogen-bond acceptors (Lipinski definition) is 4. The summed E-state index contributed by atoms with van der Waals surface area (Å²) in [5.74, 6) is 0.945. The number of aromatic nitrogens is 1. The third-order valence-electron chi connectivity index (χ3n) is 5.14. The third kappa shape index (κ3) is 3.98. The summed E-state index contributed by atoms with van der Waals surface area (Å²) >= 11 is 0. The van der Waals surface area contributed by atoms with E-state index in [-0.39, 0.29) is 12.5 Å². The molecule has 1 amide bonds. The van der Waals surface area contributed by atoms with Crippen LogP contribution < -0.4 is 10.1 Å². The summed E-state index contributed by atoms with van der Waals surface area (Å²) < 4.78 is 11.5. The predicted molar refractivity (Wildman–Crippen MR) is 122 cm³/mol. The van der Waals surface area contributed by atoms with Gasteiger partial charge in [0.05, 0.1) is 0 Å². The molecule has 5 rings (SSSR count). The number of amides is 1. The fourth-order valence-electron chi connectivity index (χ4n) is 3.48. The quantitative estimate of drug-likeness (QED) is 0.389. The maximum absolute atomic E-state index is 12.5. The van der Waals surface area contributed by atoms with E-state index in [1.165, 1.54) is 0 Å². The molecule has 0 aliphatic rings. The van der Waals surface area contributed by atoms with Gasteiger partial charge in [-0.1, -0.05) is 48.5 Å². The molecule has 5 nitrogen and oxygen atoms in total. The van der Waals surface area contributed by atoms with Crippen molar-refractivity contribution >= 4 is 33.5 Å². The van der Waals surface area contributed by atoms with Crippen LogP contribution in [0.1, 0.15) is 5.56 Å². The molecule has 0 spiro atoms. The lowest BCUT2D eigenvalue weighted by Crippen LogP contribution is -2.20. The monoisotopic (exact) mass is 408 g/mol. The molecule has 5 heteroatoms. The summed E-state index contributed by atoms with van der Waals surface area (Å²) in [4.78, 5) is 17.0. The summed E-state index contributed by atoms with van der Waals surface area (Å²) in [5, 5.41) is 5.13. The number of oxazole rings is 1. The van der Waals surface area contributed by atoms with Gasteiger partial charge in [-0.25, -0.2) is 4.98 Å². The molecule has 0 radical (unpaired) electrons. The Labute approximate surface area is 179 Å². The van der Waals surface area contributed by atoms with Crippen LogP contribution in [0, 0.1) is 6.92 Å². The van der Waals surface area contributed by atoms with E-state index in [2.05, 4.69) is 10.3 Å². The van der Waals surface area contributed by atoms with E-state index >= 15 is 0 Å². The molecule has 0 atom stereocenters. The smallest absolute Gasteiger partial charge is 0.262 e. The molecule has 152 valence electrons. The first-order valence-corrected chi connectivity index (χ1v) is 10.0. The molecule has 0 saturated carbocycles. The van der Waals surface area contributed by atoms with Crippen LogP contribution in [0.5, 0.6) is 5.75 Å². The number of aryl methyl sites for hydroxylation is 1. The van der Waals surface area contributed by atoms with Crippen LogP contribution in [-0.2, 0) is 4.79 Å². The Bertz CT molecular complexity index is 1370. The summed E-state index contributed by atoms with van der Waals surface area (Å²) in [6.07, 6.45) is 0. The van der Waals surface area contributed by atoms with Gasteiger partial charge in [0.25, 0.3) is 5.91 Å². The second kappa shape index (κ2) is 7.95. The number of nitrogens with one attached hydrogen (secondary N) is 1. The zero-order valence-corrected chi connectivity index (χ0v) is 17.0. The van der Waals surface area contributed by atoms with Crippen LogP contribution in [0.25, 0.3) is 33.3 Å². The van der Waals surface area contributed by atoms with Crippen molar-refractivity contribution in [2.24, 2.45) is 0 Å². The average molecular weight is 408 g/mol. The number of benzene rings is 4. The fourth-order valence-corrected chi connectivity index (χ4v) is 3.48. The highest BCUT2D eigenvalue weighted by molar-refractivity contribution is 5.93. The lowest BCUT2D eigenvalue weighted by Gasteiger charge is -2.11. The minimum atomic E-state index is -0.231. The molecule has 0 unspecified atom stereocenters. The molecule has 0 bridgehead atoms. The molecule has 1 aromatic heterocycles. The molecule has 1 N–H and O–H groups in total. The Morgan fingerprint density at radius 2 is 1.74 bits per heavy atom. The summed E-state index contributed by atoms with van der Waals surface area (Å²) in [7, 11) is 0. The second-order valence-corrected chi connectivity index (χ2v) is 7.36. The normalized spacial score (nSPS) is 11.0. The van der Waals surface area contributed by atoms with Crippen molar-refractivity contribution in [3.63, 3.8) is 0 Å². The Morgan fingerprint density at radius 1 is 0.935 bits per heavy atom. The van der Waals surface area contributed by atoms with Gasteiger partial charge >= 0.3 is 0 Å². The number of hydrogen-bond donors (Lipinski definition) is 1. The molecule has 0 aliphatic carbocycles. The standard InChI is InChI=1S/C26H20N2O3/c1-17-10-11-20(26-28-22-8-4-5-9-24(22)31-26)15-23(17)27-25(29)16-30-21-13-12-18-6-2-3-7-19(18)14-21/h2-15H,16H2,1H3,(H,27,29). The van der Waals surface area contributed by atoms with Gasteiger partial charge in [-0.3, -0.25) is 4.79 Å². The maximum Gasteiger partial charge on any atom is 0.262 e. The van der Waals surface area contributed by atoms with Gasteiger partial charge in [-0.15, -0.1) is 0 Å². The highest BCUT2D eigenvalue weighted by Crippen LogP contribution is 2.28. The molecule has 4 aromatic carbocycles. The van der Waals surface area contributed by atoms with Crippen LogP contribution in [-0.4, -0.2) is 17.5 Å². The van der Waals surface area contributed by atoms with Gasteiger partial charge < -0.3 is 14.5 Å². The Kier molecular flexibility index (Phi) is 4.84. The van der Waals surface area contributed by atoms with Crippen molar-refractivity contribution in [1.29, 1.82) is 0 Å². The Balaban J connectivity index is 1.30. The van der Waals surface area contributed by atoms with E-state index in [4.69, 9.17) is 9.15 Å². The van der Waals surface area contributed by atoms with E-state index in [0.29, 0.717) is 17.3 Å². The zero-order valence-electron chi connectivity index (χ0n) is 17.0. The van der Waals surface area contributed by atoms with Gasteiger partial charge in [-0.05, 0) is 59.7 Å². The van der Waals surface area contributed by atoms with Gasteiger partial charge in [0.15, 0.2) is 12.2 Å². The van der Waals surface area contributed by atoms with Crippen LogP contribution in [0.2, 0.25) is 0 Å². The van der Waals surface area contributed by atoms with Gasteiger partial charge in [0.2, 0.25) is 5.89 Å². The number of nitrogens with zero attached hydrogens (tertiary/aromatic N) is 1. The summed E-state index contributed by atoms with van der Waals surface area (Å²) in [6, 6.07) is 27.2. The SMILES string of the molecule is Cc1ccc(-c2nc3ccccc3o2)cc1NC(=O)COc1ccc2ccccc2c1. The van der Waals surface area contributed by atoms with Crippen molar-refractivity contribution < 1.29 is 13.9 Å². The topological polar surface area (TPSA) is 64.4 Å². The highest BCUT2D eigenvalue weighted by Gasteiger charge is 2.12. The summed E-state index contributed by atoms with van der Waals surface area (Å²) in [5.41, 5.74) is 3.97. The maximum atomic E-state index is 12.5. The van der Waals surface area contributed by atoms with E-state index < -0.39 is 0 Å². The number of fused-ring (bicyclic) bond motifs is 2. The highest BCUT2D eigenvalue weighted by atomic mass is 16.5.